The quantitative estimate of drug-likeness (QED) is 0.325. The molecule has 194 valence electrons. The molecular weight excluding hydrogens is 476 g/mol. The van der Waals surface area contributed by atoms with Gasteiger partial charge in [-0.2, -0.15) is 0 Å². The van der Waals surface area contributed by atoms with E-state index in [1.54, 1.807) is 20.3 Å². The van der Waals surface area contributed by atoms with Gasteiger partial charge < -0.3 is 18.9 Å². The Morgan fingerprint density at radius 3 is 2.08 bits per heavy atom. The molecule has 1 saturated heterocycles. The first-order chi connectivity index (χ1) is 17.9. The van der Waals surface area contributed by atoms with Crippen LogP contribution in [0, 0.1) is 11.6 Å². The summed E-state index contributed by atoms with van der Waals surface area (Å²) in [6.07, 6.45) is 1.53. The number of methoxy groups -OCH3 is 2. The lowest BCUT2D eigenvalue weighted by Crippen LogP contribution is -2.60. The molecule has 0 bridgehead atoms. The summed E-state index contributed by atoms with van der Waals surface area (Å²) >= 11 is 0. The van der Waals surface area contributed by atoms with Gasteiger partial charge in [0.15, 0.2) is 17.1 Å². The maximum Gasteiger partial charge on any atom is 0.171 e. The molecule has 4 aromatic rings. The summed E-state index contributed by atoms with van der Waals surface area (Å²) in [5, 5.41) is 5.22. The molecule has 0 spiro atoms. The van der Waals surface area contributed by atoms with Crippen LogP contribution in [0.5, 0.6) is 11.5 Å². The first-order valence-corrected chi connectivity index (χ1v) is 12.4. The Morgan fingerprint density at radius 1 is 0.892 bits per heavy atom. The van der Waals surface area contributed by atoms with Crippen molar-refractivity contribution >= 4 is 11.0 Å². The lowest BCUT2D eigenvalue weighted by molar-refractivity contribution is 0.0304. The monoisotopic (exact) mass is 507 g/mol. The van der Waals surface area contributed by atoms with Gasteiger partial charge in [0, 0.05) is 31.1 Å². The molecule has 5 rings (SSSR count). The molecule has 1 aromatic heterocycles. The summed E-state index contributed by atoms with van der Waals surface area (Å²) in [7, 11) is 5.28. The van der Waals surface area contributed by atoms with Crippen LogP contribution in [0.4, 0.5) is 8.78 Å². The number of aryl methyl sites for hydroxylation is 1. The smallest absolute Gasteiger partial charge is 0.171 e. The molecule has 0 radical (unpaired) electrons. The van der Waals surface area contributed by atoms with E-state index in [1.165, 1.54) is 24.3 Å². The Balaban J connectivity index is 1.45. The predicted octanol–water partition coefficient (Wildman–Crippen LogP) is 5.25. The van der Waals surface area contributed by atoms with Gasteiger partial charge >= 0.3 is 0 Å². The first-order valence-electron chi connectivity index (χ1n) is 12.4. The summed E-state index contributed by atoms with van der Waals surface area (Å²) in [4.78, 5) is 4.70. The van der Waals surface area contributed by atoms with Gasteiger partial charge in [-0.15, -0.1) is 0 Å². The van der Waals surface area contributed by atoms with Gasteiger partial charge in [-0.1, -0.05) is 29.4 Å². The number of likely N-dealkylation sites (N-methyl/N-ethyl adjacent to an activating group) is 1. The molecule has 1 fully saturated rings. The van der Waals surface area contributed by atoms with E-state index in [1.807, 2.05) is 30.3 Å². The molecule has 0 atom stereocenters. The topological polar surface area (TPSA) is 51.0 Å². The highest BCUT2D eigenvalue weighted by atomic mass is 19.1. The highest BCUT2D eigenvalue weighted by Gasteiger charge is 2.43. The van der Waals surface area contributed by atoms with Crippen LogP contribution in [0.1, 0.15) is 23.2 Å². The fraction of sp³-hybridized carbons (Fsp3) is 0.345. The highest BCUT2D eigenvalue weighted by molar-refractivity contribution is 5.83. The number of rotatable bonds is 8. The molecular formula is C29H31F2N3O3. The average Bonchev–Trinajstić information content (AvgIpc) is 3.31. The van der Waals surface area contributed by atoms with Crippen LogP contribution < -0.4 is 9.47 Å². The number of aromatic nitrogens is 1. The van der Waals surface area contributed by atoms with E-state index in [-0.39, 0.29) is 11.6 Å². The molecule has 0 aliphatic carbocycles. The molecule has 3 aromatic carbocycles. The number of hydrogen-bond acceptors (Lipinski definition) is 6. The van der Waals surface area contributed by atoms with Crippen molar-refractivity contribution < 1.29 is 22.8 Å². The van der Waals surface area contributed by atoms with Crippen molar-refractivity contribution in [2.24, 2.45) is 0 Å². The Hall–Kier alpha value is -3.49. The van der Waals surface area contributed by atoms with Gasteiger partial charge in [-0.25, -0.2) is 8.78 Å². The van der Waals surface area contributed by atoms with E-state index in [0.717, 1.165) is 48.3 Å². The van der Waals surface area contributed by atoms with E-state index in [0.29, 0.717) is 30.0 Å². The van der Waals surface area contributed by atoms with Crippen LogP contribution in [-0.2, 0) is 12.0 Å². The summed E-state index contributed by atoms with van der Waals surface area (Å²) < 4.78 is 44.2. The van der Waals surface area contributed by atoms with E-state index in [4.69, 9.17) is 14.0 Å². The highest BCUT2D eigenvalue weighted by Crippen LogP contribution is 2.40. The Kier molecular flexibility index (Phi) is 7.13. The molecule has 1 aliphatic rings. The average molecular weight is 508 g/mol. The predicted molar refractivity (Wildman–Crippen MR) is 138 cm³/mol. The maximum absolute atomic E-state index is 13.9. The third-order valence-corrected chi connectivity index (χ3v) is 7.33. The molecule has 0 amide bonds. The molecule has 0 saturated carbocycles. The number of piperazine rings is 1. The standard InChI is InChI=1S/C29H31F2N3O3/c1-33-15-16-34(14-4-5-25-24-17-27(35-2)28(36-3)18-26(24)37-32-25)29(19-33,20-6-10-22(30)11-7-20)21-8-12-23(31)13-9-21/h6-13,17-18H,4-5,14-16,19H2,1-3H3. The maximum atomic E-state index is 13.9. The third-order valence-electron chi connectivity index (χ3n) is 7.33. The lowest BCUT2D eigenvalue weighted by atomic mass is 9.79. The molecule has 0 unspecified atom stereocenters. The van der Waals surface area contributed by atoms with E-state index < -0.39 is 5.54 Å². The number of nitrogens with zero attached hydrogens (tertiary/aromatic N) is 3. The molecule has 0 N–H and O–H groups in total. The summed E-state index contributed by atoms with van der Waals surface area (Å²) in [6.45, 7) is 3.18. The van der Waals surface area contributed by atoms with E-state index in [2.05, 4.69) is 22.0 Å². The number of benzene rings is 3. The zero-order valence-electron chi connectivity index (χ0n) is 21.3. The summed E-state index contributed by atoms with van der Waals surface area (Å²) in [5.74, 6) is 0.668. The van der Waals surface area contributed by atoms with Crippen molar-refractivity contribution in [3.8, 4) is 11.5 Å². The normalized spacial score (nSPS) is 16.2. The fourth-order valence-corrected chi connectivity index (χ4v) is 5.45. The first kappa shape index (κ1) is 25.2. The number of fused-ring (bicyclic) bond motifs is 1. The Morgan fingerprint density at radius 2 is 1.49 bits per heavy atom. The third kappa shape index (κ3) is 4.79. The lowest BCUT2D eigenvalue weighted by Gasteiger charge is -2.51. The van der Waals surface area contributed by atoms with Crippen LogP contribution >= 0.6 is 0 Å². The fourth-order valence-electron chi connectivity index (χ4n) is 5.45. The zero-order valence-corrected chi connectivity index (χ0v) is 21.3. The van der Waals surface area contributed by atoms with Crippen molar-refractivity contribution in [1.82, 2.24) is 15.0 Å². The van der Waals surface area contributed by atoms with Crippen LogP contribution in [0.2, 0.25) is 0 Å². The van der Waals surface area contributed by atoms with Gasteiger partial charge in [-0.05, 0) is 67.9 Å². The van der Waals surface area contributed by atoms with Crippen LogP contribution in [0.3, 0.4) is 0 Å². The van der Waals surface area contributed by atoms with Crippen molar-refractivity contribution in [1.29, 1.82) is 0 Å². The molecule has 6 nitrogen and oxygen atoms in total. The van der Waals surface area contributed by atoms with Crippen LogP contribution in [0.25, 0.3) is 11.0 Å². The zero-order chi connectivity index (χ0) is 26.0. The van der Waals surface area contributed by atoms with E-state index in [9.17, 15) is 8.78 Å². The SMILES string of the molecule is COc1cc2onc(CCCN3CCN(C)CC3(c3ccc(F)cc3)c3ccc(F)cc3)c2cc1OC. The summed E-state index contributed by atoms with van der Waals surface area (Å²) in [6, 6.07) is 17.0. The molecule has 1 aliphatic heterocycles. The molecule has 8 heteroatoms. The largest absolute Gasteiger partial charge is 0.493 e. The minimum Gasteiger partial charge on any atom is -0.493 e. The van der Waals surface area contributed by atoms with Crippen molar-refractivity contribution in [2.75, 3.05) is 47.4 Å². The second-order valence-corrected chi connectivity index (χ2v) is 9.54. The molecule has 2 heterocycles. The van der Waals surface area contributed by atoms with Gasteiger partial charge in [-0.3, -0.25) is 4.90 Å². The molecule has 37 heavy (non-hydrogen) atoms. The Bertz CT molecular complexity index is 1310. The number of hydrogen-bond donors (Lipinski definition) is 0. The van der Waals surface area contributed by atoms with Crippen molar-refractivity contribution in [3.63, 3.8) is 0 Å². The minimum atomic E-state index is -0.545. The number of ether oxygens (including phenoxy) is 2. The van der Waals surface area contributed by atoms with Crippen LogP contribution in [-0.4, -0.2) is 62.4 Å². The second kappa shape index (κ2) is 10.5. The number of halogens is 2. The van der Waals surface area contributed by atoms with Gasteiger partial charge in [0.2, 0.25) is 0 Å². The Labute approximate surface area is 215 Å². The van der Waals surface area contributed by atoms with Crippen molar-refractivity contribution in [3.05, 3.63) is 89.1 Å². The van der Waals surface area contributed by atoms with Gasteiger partial charge in [0.1, 0.15) is 11.6 Å². The van der Waals surface area contributed by atoms with Crippen LogP contribution in [0.15, 0.2) is 65.2 Å². The van der Waals surface area contributed by atoms with Gasteiger partial charge in [0.25, 0.3) is 0 Å². The second-order valence-electron chi connectivity index (χ2n) is 9.54. The minimum absolute atomic E-state index is 0.279. The van der Waals surface area contributed by atoms with E-state index >= 15 is 0 Å². The van der Waals surface area contributed by atoms with Crippen molar-refractivity contribution in [2.45, 2.75) is 18.4 Å². The van der Waals surface area contributed by atoms with Gasteiger partial charge in [0.05, 0.1) is 25.5 Å². The summed E-state index contributed by atoms with van der Waals surface area (Å²) in [5.41, 5.74) is 2.93.